The molecule has 0 aliphatic rings. The topological polar surface area (TPSA) is 102 Å². The number of carbonyl (C=O) groups excluding carboxylic acids is 3. The van der Waals surface area contributed by atoms with E-state index in [2.05, 4.69) is 38.2 Å². The zero-order valence-corrected chi connectivity index (χ0v) is 38.7. The number of esters is 2. The molecule has 0 saturated heterocycles. The molecule has 0 radical (unpaired) electrons. The Kier molecular flexibility index (Phi) is 40.0. The molecule has 0 aliphatic carbocycles. The smallest absolute Gasteiger partial charge is 0.306 e. The number of ether oxygens (including phenoxy) is 3. The van der Waals surface area contributed by atoms with E-state index in [9.17, 15) is 19.5 Å². The van der Waals surface area contributed by atoms with E-state index in [-0.39, 0.29) is 42.7 Å². The average molecular weight is 820 g/mol. The number of likely N-dealkylation sites (N-methyl/N-ethyl adjacent to an activating group) is 1. The van der Waals surface area contributed by atoms with Crippen molar-refractivity contribution >= 4 is 17.9 Å². The van der Waals surface area contributed by atoms with Gasteiger partial charge in [0.1, 0.15) is 12.6 Å². The molecule has 58 heavy (non-hydrogen) atoms. The summed E-state index contributed by atoms with van der Waals surface area (Å²) >= 11 is 0. The first-order valence-electron chi connectivity index (χ1n) is 24.4. The summed E-state index contributed by atoms with van der Waals surface area (Å²) in [5.41, 5.74) is 0. The van der Waals surface area contributed by atoms with Gasteiger partial charge in [0.25, 0.3) is 0 Å². The van der Waals surface area contributed by atoms with Gasteiger partial charge in [-0.15, -0.1) is 0 Å². The molecule has 0 amide bonds. The first kappa shape index (κ1) is 55.8. The van der Waals surface area contributed by atoms with Crippen molar-refractivity contribution in [2.75, 3.05) is 41.0 Å². The number of aliphatic carboxylic acids is 1. The number of carboxylic acids is 1. The number of carbonyl (C=O) groups is 3. The van der Waals surface area contributed by atoms with E-state index in [1.54, 1.807) is 21.1 Å². The van der Waals surface area contributed by atoms with Gasteiger partial charge in [-0.3, -0.25) is 9.59 Å². The van der Waals surface area contributed by atoms with Crippen LogP contribution in [0.1, 0.15) is 226 Å². The molecule has 8 heteroatoms. The second-order valence-electron chi connectivity index (χ2n) is 17.7. The van der Waals surface area contributed by atoms with Crippen LogP contribution in [0, 0.1) is 0 Å². The minimum Gasteiger partial charge on any atom is -0.544 e. The van der Waals surface area contributed by atoms with Gasteiger partial charge >= 0.3 is 11.9 Å². The summed E-state index contributed by atoms with van der Waals surface area (Å²) in [5.74, 6) is -1.74. The lowest BCUT2D eigenvalue weighted by Gasteiger charge is -2.34. The lowest BCUT2D eigenvalue weighted by Crippen LogP contribution is -2.55. The fourth-order valence-electron chi connectivity index (χ4n) is 7.30. The van der Waals surface area contributed by atoms with Crippen LogP contribution in [0.4, 0.5) is 0 Å². The molecular weight excluding hydrogens is 727 g/mol. The third-order valence-electron chi connectivity index (χ3n) is 11.1. The normalized spacial score (nSPS) is 13.1. The number of hydrogen-bond donors (Lipinski definition) is 0. The molecule has 0 heterocycles. The number of quaternary nitrogens is 1. The molecule has 2 unspecified atom stereocenters. The summed E-state index contributed by atoms with van der Waals surface area (Å²) < 4.78 is 17.2. The number of allylic oxidation sites excluding steroid dienone is 4. The van der Waals surface area contributed by atoms with Crippen molar-refractivity contribution in [2.45, 2.75) is 238 Å². The maximum atomic E-state index is 12.7. The second kappa shape index (κ2) is 41.5. The molecule has 0 rings (SSSR count). The SMILES string of the molecule is CCCCCCCCC/C=C/C=C/CCCCCCCC(=O)OCC(COCCC(C(=O)[O-])[N+](C)(C)C)OC(=O)CCCCCCCCCCCCCCCCCC. The molecule has 0 fully saturated rings. The van der Waals surface area contributed by atoms with E-state index in [0.29, 0.717) is 12.8 Å². The molecule has 0 bridgehead atoms. The third-order valence-corrected chi connectivity index (χ3v) is 11.1. The van der Waals surface area contributed by atoms with Gasteiger partial charge in [0.05, 0.1) is 40.3 Å². The Balaban J connectivity index is 4.29. The van der Waals surface area contributed by atoms with Crippen molar-refractivity contribution in [3.63, 3.8) is 0 Å². The van der Waals surface area contributed by atoms with Crippen LogP contribution in [0.3, 0.4) is 0 Å². The van der Waals surface area contributed by atoms with Gasteiger partial charge in [0.15, 0.2) is 6.10 Å². The van der Waals surface area contributed by atoms with Crippen molar-refractivity contribution in [3.05, 3.63) is 24.3 Å². The van der Waals surface area contributed by atoms with E-state index >= 15 is 0 Å². The monoisotopic (exact) mass is 820 g/mol. The predicted octanol–water partition coefficient (Wildman–Crippen LogP) is 12.3. The molecule has 0 aromatic heterocycles. The summed E-state index contributed by atoms with van der Waals surface area (Å²) in [5, 5.41) is 11.6. The van der Waals surface area contributed by atoms with E-state index in [1.165, 1.54) is 135 Å². The van der Waals surface area contributed by atoms with Gasteiger partial charge in [-0.25, -0.2) is 0 Å². The molecule has 0 saturated carbocycles. The maximum absolute atomic E-state index is 12.7. The van der Waals surface area contributed by atoms with Crippen LogP contribution in [0.25, 0.3) is 0 Å². The highest BCUT2D eigenvalue weighted by molar-refractivity contribution is 5.70. The predicted molar refractivity (Wildman–Crippen MR) is 240 cm³/mol. The van der Waals surface area contributed by atoms with Crippen molar-refractivity contribution in [1.29, 1.82) is 0 Å². The first-order valence-corrected chi connectivity index (χ1v) is 24.4. The number of carboxylic acid groups (broad SMARTS) is 1. The molecule has 0 spiro atoms. The molecule has 8 nitrogen and oxygen atoms in total. The van der Waals surface area contributed by atoms with Gasteiger partial charge in [0.2, 0.25) is 0 Å². The van der Waals surface area contributed by atoms with Crippen molar-refractivity contribution < 1.29 is 38.2 Å². The summed E-state index contributed by atoms with van der Waals surface area (Å²) in [6.45, 7) is 4.67. The number of hydrogen-bond acceptors (Lipinski definition) is 7. The van der Waals surface area contributed by atoms with Crippen LogP contribution in [-0.2, 0) is 28.6 Å². The quantitative estimate of drug-likeness (QED) is 0.0261. The first-order chi connectivity index (χ1) is 28.1. The number of unbranched alkanes of at least 4 members (excludes halogenated alkanes) is 27. The maximum Gasteiger partial charge on any atom is 0.306 e. The lowest BCUT2D eigenvalue weighted by molar-refractivity contribution is -0.889. The molecule has 2 atom stereocenters. The highest BCUT2D eigenvalue weighted by Gasteiger charge is 2.25. The third kappa shape index (κ3) is 39.3. The highest BCUT2D eigenvalue weighted by Crippen LogP contribution is 2.16. The van der Waals surface area contributed by atoms with Crippen LogP contribution >= 0.6 is 0 Å². The highest BCUT2D eigenvalue weighted by atomic mass is 16.6. The molecule has 0 aromatic carbocycles. The Morgan fingerprint density at radius 3 is 1.29 bits per heavy atom. The average Bonchev–Trinajstić information content (AvgIpc) is 3.18. The summed E-state index contributed by atoms with van der Waals surface area (Å²) in [6, 6.07) is -0.725. The lowest BCUT2D eigenvalue weighted by atomic mass is 10.0. The standard InChI is InChI=1S/C50H93NO7/c1-6-8-10-12-14-16-18-20-22-24-25-27-28-30-32-34-36-38-40-48(52)57-45-46(44-56-43-42-47(50(54)55)51(3,4)5)58-49(53)41-39-37-35-33-31-29-26-23-21-19-17-15-13-11-9-7-2/h22,24-25,27,46-47H,6-21,23,26,28-45H2,1-5H3/b24-22+,27-25+. The summed E-state index contributed by atoms with van der Waals surface area (Å²) in [7, 11) is 5.41. The Morgan fingerprint density at radius 2 is 0.897 bits per heavy atom. The van der Waals surface area contributed by atoms with Crippen LogP contribution in [-0.4, -0.2) is 75.5 Å². The Bertz CT molecular complexity index is 1000. The van der Waals surface area contributed by atoms with Gasteiger partial charge in [-0.2, -0.15) is 0 Å². The van der Waals surface area contributed by atoms with Crippen LogP contribution in [0.5, 0.6) is 0 Å². The van der Waals surface area contributed by atoms with Gasteiger partial charge in [-0.1, -0.05) is 192 Å². The minimum atomic E-state index is -1.12. The molecule has 0 aliphatic heterocycles. The number of nitrogens with zero attached hydrogens (tertiary/aromatic N) is 1. The van der Waals surface area contributed by atoms with E-state index in [1.807, 2.05) is 0 Å². The minimum absolute atomic E-state index is 0.0400. The van der Waals surface area contributed by atoms with Crippen molar-refractivity contribution in [3.8, 4) is 0 Å². The zero-order chi connectivity index (χ0) is 42.8. The Labute approximate surface area is 358 Å². The largest absolute Gasteiger partial charge is 0.544 e. The van der Waals surface area contributed by atoms with Gasteiger partial charge in [0, 0.05) is 19.3 Å². The number of rotatable bonds is 44. The molecule has 340 valence electrons. The van der Waals surface area contributed by atoms with E-state index < -0.39 is 18.1 Å². The Morgan fingerprint density at radius 1 is 0.517 bits per heavy atom. The second-order valence-corrected chi connectivity index (χ2v) is 17.7. The van der Waals surface area contributed by atoms with Gasteiger partial charge < -0.3 is 28.6 Å². The van der Waals surface area contributed by atoms with Crippen molar-refractivity contribution in [2.24, 2.45) is 0 Å². The van der Waals surface area contributed by atoms with E-state index in [0.717, 1.165) is 57.8 Å². The van der Waals surface area contributed by atoms with E-state index in [4.69, 9.17) is 14.2 Å². The van der Waals surface area contributed by atoms with Gasteiger partial charge in [-0.05, 0) is 38.5 Å². The molecule has 0 N–H and O–H groups in total. The van der Waals surface area contributed by atoms with Crippen molar-refractivity contribution in [1.82, 2.24) is 0 Å². The Hall–Kier alpha value is -2.19. The fraction of sp³-hybridized carbons (Fsp3) is 0.860. The van der Waals surface area contributed by atoms with Crippen LogP contribution < -0.4 is 5.11 Å². The van der Waals surface area contributed by atoms with Crippen LogP contribution in [0.2, 0.25) is 0 Å². The zero-order valence-electron chi connectivity index (χ0n) is 38.7. The van der Waals surface area contributed by atoms with Crippen LogP contribution in [0.15, 0.2) is 24.3 Å². The molecule has 0 aromatic rings. The summed E-state index contributed by atoms with van der Waals surface area (Å²) in [6.07, 6.45) is 46.3. The summed E-state index contributed by atoms with van der Waals surface area (Å²) in [4.78, 5) is 36.9. The molecular formula is C50H93NO7. The fourth-order valence-corrected chi connectivity index (χ4v) is 7.30.